The van der Waals surface area contributed by atoms with E-state index in [1.54, 1.807) is 6.92 Å². The fourth-order valence-corrected chi connectivity index (χ4v) is 1.64. The predicted octanol–water partition coefficient (Wildman–Crippen LogP) is 5.26. The van der Waals surface area contributed by atoms with Crippen molar-refractivity contribution in [1.29, 1.82) is 0 Å². The van der Waals surface area contributed by atoms with E-state index in [0.717, 1.165) is 17.4 Å². The number of ketones is 1. The number of aldehydes is 1. The van der Waals surface area contributed by atoms with Gasteiger partial charge in [0.05, 0.1) is 0 Å². The molecule has 0 fully saturated rings. The molecule has 0 aliphatic rings. The highest BCUT2D eigenvalue weighted by atomic mass is 16.1. The SMILES string of the molecule is C=C.CC(=O)c1ccc(-c2ccc(C)cc2)cc1.CCC=O. The molecule has 2 aromatic rings. The van der Waals surface area contributed by atoms with Crippen LogP contribution >= 0.6 is 0 Å². The molecule has 0 aliphatic heterocycles. The third-order valence-electron chi connectivity index (χ3n) is 2.84. The number of rotatable bonds is 3. The van der Waals surface area contributed by atoms with Gasteiger partial charge in [0.2, 0.25) is 0 Å². The van der Waals surface area contributed by atoms with Gasteiger partial charge in [-0.2, -0.15) is 0 Å². The van der Waals surface area contributed by atoms with Gasteiger partial charge in [0.25, 0.3) is 0 Å². The summed E-state index contributed by atoms with van der Waals surface area (Å²) in [6.45, 7) is 11.5. The van der Waals surface area contributed by atoms with Gasteiger partial charge in [0, 0.05) is 12.0 Å². The lowest BCUT2D eigenvalue weighted by Crippen LogP contribution is -1.90. The first kappa shape index (κ1) is 19.5. The maximum absolute atomic E-state index is 11.1. The van der Waals surface area contributed by atoms with Gasteiger partial charge in [-0.25, -0.2) is 0 Å². The summed E-state index contributed by atoms with van der Waals surface area (Å²) in [4.78, 5) is 20.3. The molecule has 0 spiro atoms. The van der Waals surface area contributed by atoms with Crippen LogP contribution in [0.25, 0.3) is 11.1 Å². The second-order valence-electron chi connectivity index (χ2n) is 4.57. The lowest BCUT2D eigenvalue weighted by Gasteiger charge is -2.03. The summed E-state index contributed by atoms with van der Waals surface area (Å²) in [6.07, 6.45) is 1.51. The molecule has 0 N–H and O–H groups in total. The van der Waals surface area contributed by atoms with Crippen LogP contribution in [0, 0.1) is 6.92 Å². The minimum atomic E-state index is 0.107. The van der Waals surface area contributed by atoms with Crippen LogP contribution in [0.5, 0.6) is 0 Å². The van der Waals surface area contributed by atoms with Gasteiger partial charge in [0.15, 0.2) is 5.78 Å². The van der Waals surface area contributed by atoms with E-state index >= 15 is 0 Å². The Morgan fingerprint density at radius 1 is 0.955 bits per heavy atom. The maximum atomic E-state index is 11.1. The molecule has 22 heavy (non-hydrogen) atoms. The summed E-state index contributed by atoms with van der Waals surface area (Å²) in [7, 11) is 0. The Morgan fingerprint density at radius 3 is 1.64 bits per heavy atom. The molecule has 2 nitrogen and oxygen atoms in total. The highest BCUT2D eigenvalue weighted by Gasteiger charge is 2.00. The number of hydrogen-bond acceptors (Lipinski definition) is 2. The molecule has 2 aromatic carbocycles. The summed E-state index contributed by atoms with van der Waals surface area (Å²) in [5.41, 5.74) is 4.34. The Balaban J connectivity index is 0.000000640. The van der Waals surface area contributed by atoms with Crippen molar-refractivity contribution in [1.82, 2.24) is 0 Å². The molecule has 0 unspecified atom stereocenters. The number of carbonyl (C=O) groups excluding carboxylic acids is 2. The first-order valence-corrected chi connectivity index (χ1v) is 7.20. The highest BCUT2D eigenvalue weighted by molar-refractivity contribution is 5.94. The standard InChI is InChI=1S/C15H14O.C3H6O.C2H4/c1-11-3-5-14(6-4-11)15-9-7-13(8-10-15)12(2)16;1-2-3-4;1-2/h3-10H,1-2H3;3H,2H2,1H3;1-2H2. The van der Waals surface area contributed by atoms with Crippen LogP contribution in [0.4, 0.5) is 0 Å². The van der Waals surface area contributed by atoms with E-state index in [9.17, 15) is 9.59 Å². The topological polar surface area (TPSA) is 34.1 Å². The van der Waals surface area contributed by atoms with Crippen molar-refractivity contribution < 1.29 is 9.59 Å². The molecule has 2 heteroatoms. The Kier molecular flexibility index (Phi) is 9.95. The van der Waals surface area contributed by atoms with Crippen molar-refractivity contribution in [3.63, 3.8) is 0 Å². The van der Waals surface area contributed by atoms with Gasteiger partial charge in [-0.1, -0.05) is 61.0 Å². The monoisotopic (exact) mass is 296 g/mol. The minimum absolute atomic E-state index is 0.107. The van der Waals surface area contributed by atoms with E-state index in [-0.39, 0.29) is 5.78 Å². The zero-order valence-electron chi connectivity index (χ0n) is 13.6. The summed E-state index contributed by atoms with van der Waals surface area (Å²) in [5, 5.41) is 0. The molecule has 0 saturated heterocycles. The molecule has 0 aromatic heterocycles. The molecule has 116 valence electrons. The quantitative estimate of drug-likeness (QED) is 0.439. The number of hydrogen-bond donors (Lipinski definition) is 0. The molecule has 0 bridgehead atoms. The van der Waals surface area contributed by atoms with Crippen molar-refractivity contribution in [2.24, 2.45) is 0 Å². The molecule has 2 rings (SSSR count). The van der Waals surface area contributed by atoms with Crippen LogP contribution in [0.15, 0.2) is 61.7 Å². The molecule has 0 aliphatic carbocycles. The second kappa shape index (κ2) is 11.2. The maximum Gasteiger partial charge on any atom is 0.159 e. The van der Waals surface area contributed by atoms with Crippen molar-refractivity contribution in [2.45, 2.75) is 27.2 Å². The molecule has 0 heterocycles. The number of carbonyl (C=O) groups is 2. The van der Waals surface area contributed by atoms with Gasteiger partial charge in [-0.15, -0.1) is 13.2 Å². The van der Waals surface area contributed by atoms with Crippen LogP contribution in [-0.4, -0.2) is 12.1 Å². The van der Waals surface area contributed by atoms with Crippen LogP contribution in [0.3, 0.4) is 0 Å². The molecule has 0 atom stereocenters. The fraction of sp³-hybridized carbons (Fsp3) is 0.200. The Labute approximate surface area is 133 Å². The Hall–Kier alpha value is -2.48. The second-order valence-corrected chi connectivity index (χ2v) is 4.57. The highest BCUT2D eigenvalue weighted by Crippen LogP contribution is 2.20. The van der Waals surface area contributed by atoms with Crippen molar-refractivity contribution in [3.8, 4) is 11.1 Å². The van der Waals surface area contributed by atoms with E-state index in [0.29, 0.717) is 6.42 Å². The van der Waals surface area contributed by atoms with E-state index < -0.39 is 0 Å². The molecule has 0 amide bonds. The van der Waals surface area contributed by atoms with Gasteiger partial charge >= 0.3 is 0 Å². The zero-order chi connectivity index (χ0) is 17.0. The Morgan fingerprint density at radius 2 is 1.32 bits per heavy atom. The molecular weight excluding hydrogens is 272 g/mol. The number of benzene rings is 2. The smallest absolute Gasteiger partial charge is 0.159 e. The zero-order valence-corrected chi connectivity index (χ0v) is 13.6. The summed E-state index contributed by atoms with van der Waals surface area (Å²) < 4.78 is 0. The average Bonchev–Trinajstić information content (AvgIpc) is 2.58. The van der Waals surface area contributed by atoms with Crippen molar-refractivity contribution in [2.75, 3.05) is 0 Å². The third-order valence-corrected chi connectivity index (χ3v) is 2.84. The minimum Gasteiger partial charge on any atom is -0.303 e. The van der Waals surface area contributed by atoms with Gasteiger partial charge < -0.3 is 4.79 Å². The van der Waals surface area contributed by atoms with Crippen molar-refractivity contribution >= 4 is 12.1 Å². The van der Waals surface area contributed by atoms with E-state index in [2.05, 4.69) is 44.3 Å². The molecule has 0 radical (unpaired) electrons. The van der Waals surface area contributed by atoms with E-state index in [1.807, 2.05) is 31.2 Å². The van der Waals surface area contributed by atoms with Gasteiger partial charge in [0.1, 0.15) is 6.29 Å². The fourth-order valence-electron chi connectivity index (χ4n) is 1.64. The Bertz CT molecular complexity index is 566. The first-order chi connectivity index (χ1) is 10.6. The average molecular weight is 296 g/mol. The lowest BCUT2D eigenvalue weighted by atomic mass is 10.0. The molecular formula is C20H24O2. The van der Waals surface area contributed by atoms with E-state index in [1.165, 1.54) is 11.1 Å². The number of aryl methyl sites for hydroxylation is 1. The van der Waals surface area contributed by atoms with E-state index in [4.69, 9.17) is 0 Å². The summed E-state index contributed by atoms with van der Waals surface area (Å²) in [6, 6.07) is 16.1. The number of Topliss-reactive ketones (excluding diaryl/α,β-unsaturated/α-hetero) is 1. The van der Waals surface area contributed by atoms with Crippen LogP contribution in [0.2, 0.25) is 0 Å². The van der Waals surface area contributed by atoms with Crippen LogP contribution < -0.4 is 0 Å². The largest absolute Gasteiger partial charge is 0.303 e. The third kappa shape index (κ3) is 6.80. The normalized spacial score (nSPS) is 8.68. The summed E-state index contributed by atoms with van der Waals surface area (Å²) >= 11 is 0. The van der Waals surface area contributed by atoms with Gasteiger partial charge in [-0.05, 0) is 25.0 Å². The summed E-state index contributed by atoms with van der Waals surface area (Å²) in [5.74, 6) is 0.107. The molecule has 0 saturated carbocycles. The lowest BCUT2D eigenvalue weighted by molar-refractivity contribution is -0.107. The predicted molar refractivity (Wildman–Crippen MR) is 94.2 cm³/mol. The van der Waals surface area contributed by atoms with Crippen LogP contribution in [-0.2, 0) is 4.79 Å². The first-order valence-electron chi connectivity index (χ1n) is 7.20. The van der Waals surface area contributed by atoms with Crippen molar-refractivity contribution in [3.05, 3.63) is 72.8 Å². The van der Waals surface area contributed by atoms with Gasteiger partial charge in [-0.3, -0.25) is 4.79 Å². The van der Waals surface area contributed by atoms with Crippen LogP contribution in [0.1, 0.15) is 36.2 Å².